The van der Waals surface area contributed by atoms with E-state index in [1.165, 1.54) is 11.3 Å². The van der Waals surface area contributed by atoms with Crippen molar-refractivity contribution in [3.05, 3.63) is 90.4 Å². The zero-order valence-corrected chi connectivity index (χ0v) is 17.9. The number of halogens is 2. The number of hydrogen-bond donors (Lipinski definition) is 0. The quantitative estimate of drug-likeness (QED) is 0.380. The van der Waals surface area contributed by atoms with Crippen LogP contribution in [0, 0.1) is 13.8 Å². The number of thiazole rings is 1. The molecule has 3 aromatic heterocycles. The second-order valence-corrected chi connectivity index (χ2v) is 8.66. The fourth-order valence-corrected chi connectivity index (χ4v) is 5.08. The molecule has 0 saturated carbocycles. The Bertz CT molecular complexity index is 1530. The first-order chi connectivity index (χ1) is 14.0. The first-order valence-corrected chi connectivity index (χ1v) is 10.6. The molecule has 144 valence electrons. The molecule has 0 amide bonds. The molecule has 0 radical (unpaired) electrons. The Morgan fingerprint density at radius 1 is 1.07 bits per heavy atom. The lowest BCUT2D eigenvalue weighted by molar-refractivity contribution is 0.965. The van der Waals surface area contributed by atoms with Gasteiger partial charge in [0.25, 0.3) is 5.56 Å². The molecule has 7 heteroatoms. The lowest BCUT2D eigenvalue weighted by Crippen LogP contribution is -2.22. The van der Waals surface area contributed by atoms with Gasteiger partial charge in [-0.2, -0.15) is 0 Å². The Labute approximate surface area is 180 Å². The number of aryl methyl sites for hydroxylation is 1. The summed E-state index contributed by atoms with van der Waals surface area (Å²) in [5.41, 5.74) is 5.40. The van der Waals surface area contributed by atoms with Gasteiger partial charge in [-0.15, -0.1) is 0 Å². The number of benzene rings is 2. The summed E-state index contributed by atoms with van der Waals surface area (Å²) < 4.78 is 4.38. The van der Waals surface area contributed by atoms with Crippen molar-refractivity contribution >= 4 is 56.6 Å². The number of imidazole rings is 1. The molecule has 0 N–H and O–H groups in total. The second-order valence-electron chi connectivity index (χ2n) is 6.87. The van der Waals surface area contributed by atoms with Crippen LogP contribution in [0.15, 0.2) is 53.3 Å². The van der Waals surface area contributed by atoms with E-state index in [4.69, 9.17) is 23.2 Å². The predicted octanol–water partition coefficient (Wildman–Crippen LogP) is 5.17. The van der Waals surface area contributed by atoms with Gasteiger partial charge in [0.05, 0.1) is 31.3 Å². The lowest BCUT2D eigenvalue weighted by Gasteiger charge is -2.12. The van der Waals surface area contributed by atoms with Crippen molar-refractivity contribution in [2.75, 3.05) is 0 Å². The molecule has 0 unspecified atom stereocenters. The van der Waals surface area contributed by atoms with E-state index in [1.54, 1.807) is 10.5 Å². The molecule has 0 atom stereocenters. The minimum Gasteiger partial charge on any atom is -0.316 e. The Balaban J connectivity index is 1.72. The van der Waals surface area contributed by atoms with Gasteiger partial charge in [0.15, 0.2) is 4.96 Å². The van der Waals surface area contributed by atoms with Gasteiger partial charge in [-0.1, -0.05) is 52.7 Å². The van der Waals surface area contributed by atoms with Gasteiger partial charge in [0, 0.05) is 11.4 Å². The molecule has 3 heterocycles. The third kappa shape index (κ3) is 2.81. The van der Waals surface area contributed by atoms with E-state index in [2.05, 4.69) is 9.55 Å². The van der Waals surface area contributed by atoms with Crippen LogP contribution in [-0.4, -0.2) is 14.0 Å². The first kappa shape index (κ1) is 18.4. The van der Waals surface area contributed by atoms with Gasteiger partial charge >= 0.3 is 0 Å². The van der Waals surface area contributed by atoms with Gasteiger partial charge in [-0.05, 0) is 55.8 Å². The largest absolute Gasteiger partial charge is 0.316 e. The van der Waals surface area contributed by atoms with E-state index >= 15 is 0 Å². The second kappa shape index (κ2) is 6.73. The topological polar surface area (TPSA) is 39.3 Å². The average Bonchev–Trinajstić information content (AvgIpc) is 3.30. The maximum Gasteiger partial charge on any atom is 0.274 e. The van der Waals surface area contributed by atoms with Crippen LogP contribution in [0.3, 0.4) is 0 Å². The Hall–Kier alpha value is -2.60. The van der Waals surface area contributed by atoms with Crippen molar-refractivity contribution in [3.63, 3.8) is 0 Å². The van der Waals surface area contributed by atoms with E-state index in [9.17, 15) is 4.79 Å². The highest BCUT2D eigenvalue weighted by atomic mass is 35.5. The van der Waals surface area contributed by atoms with Crippen LogP contribution in [-0.2, 0) is 0 Å². The van der Waals surface area contributed by atoms with Gasteiger partial charge in [-0.3, -0.25) is 4.79 Å². The molecule has 0 bridgehead atoms. The highest BCUT2D eigenvalue weighted by molar-refractivity contribution is 7.15. The summed E-state index contributed by atoms with van der Waals surface area (Å²) in [4.78, 5) is 18.3. The fraction of sp³-hybridized carbons (Fsp3) is 0.0909. The number of rotatable bonds is 2. The minimum atomic E-state index is -0.0516. The molecule has 0 aliphatic rings. The van der Waals surface area contributed by atoms with Crippen LogP contribution >= 0.6 is 34.5 Å². The predicted molar refractivity (Wildman–Crippen MR) is 121 cm³/mol. The first-order valence-electron chi connectivity index (χ1n) is 9.01. The molecule has 0 spiro atoms. The van der Waals surface area contributed by atoms with Crippen molar-refractivity contribution in [3.8, 4) is 5.69 Å². The monoisotopic (exact) mass is 439 g/mol. The molecule has 5 rings (SSSR count). The standard InChI is InChI=1S/C22H15Cl2N3OS/c1-12-10-14(13(2)26(12)18-9-5-6-15(23)20(18)24)11-19-21(28)27-17-8-4-3-7-16(17)25-22(27)29-19/h3-11H,1-2H3/b19-11-. The normalized spacial score (nSPS) is 12.5. The van der Waals surface area contributed by atoms with Crippen molar-refractivity contribution in [2.24, 2.45) is 0 Å². The molecular formula is C22H15Cl2N3OS. The Kier molecular flexibility index (Phi) is 4.28. The van der Waals surface area contributed by atoms with E-state index < -0.39 is 0 Å². The number of nitrogens with zero attached hydrogens (tertiary/aromatic N) is 3. The number of para-hydroxylation sites is 2. The number of fused-ring (bicyclic) bond motifs is 3. The molecular weight excluding hydrogens is 425 g/mol. The smallest absolute Gasteiger partial charge is 0.274 e. The Morgan fingerprint density at radius 3 is 2.69 bits per heavy atom. The van der Waals surface area contributed by atoms with Crippen LogP contribution in [0.25, 0.3) is 27.8 Å². The molecule has 5 aromatic rings. The van der Waals surface area contributed by atoms with E-state index in [0.29, 0.717) is 19.5 Å². The van der Waals surface area contributed by atoms with Crippen LogP contribution in [0.5, 0.6) is 0 Å². The number of hydrogen-bond acceptors (Lipinski definition) is 3. The maximum absolute atomic E-state index is 13.0. The summed E-state index contributed by atoms with van der Waals surface area (Å²) in [6, 6.07) is 15.3. The summed E-state index contributed by atoms with van der Waals surface area (Å²) >= 11 is 14.0. The third-order valence-electron chi connectivity index (χ3n) is 5.07. The van der Waals surface area contributed by atoms with Crippen LogP contribution < -0.4 is 10.1 Å². The lowest BCUT2D eigenvalue weighted by atomic mass is 10.2. The van der Waals surface area contributed by atoms with Gasteiger partial charge in [0.2, 0.25) is 0 Å². The van der Waals surface area contributed by atoms with Crippen molar-refractivity contribution in [1.29, 1.82) is 0 Å². The molecule has 0 aliphatic carbocycles. The number of aromatic nitrogens is 3. The van der Waals surface area contributed by atoms with Crippen molar-refractivity contribution in [2.45, 2.75) is 13.8 Å². The molecule has 2 aromatic carbocycles. The van der Waals surface area contributed by atoms with Gasteiger partial charge in [-0.25, -0.2) is 9.38 Å². The highest BCUT2D eigenvalue weighted by Gasteiger charge is 2.15. The van der Waals surface area contributed by atoms with Crippen LogP contribution in [0.4, 0.5) is 0 Å². The summed E-state index contributed by atoms with van der Waals surface area (Å²) in [6.45, 7) is 4.02. The van der Waals surface area contributed by atoms with Crippen LogP contribution in [0.2, 0.25) is 10.0 Å². The summed E-state index contributed by atoms with van der Waals surface area (Å²) in [7, 11) is 0. The van der Waals surface area contributed by atoms with Gasteiger partial charge in [0.1, 0.15) is 0 Å². The zero-order chi connectivity index (χ0) is 20.3. The average molecular weight is 440 g/mol. The highest BCUT2D eigenvalue weighted by Crippen LogP contribution is 2.31. The molecule has 29 heavy (non-hydrogen) atoms. The zero-order valence-electron chi connectivity index (χ0n) is 15.6. The van der Waals surface area contributed by atoms with Crippen molar-refractivity contribution in [1.82, 2.24) is 14.0 Å². The summed E-state index contributed by atoms with van der Waals surface area (Å²) in [5, 5.41) is 1.02. The fourth-order valence-electron chi connectivity index (χ4n) is 3.72. The van der Waals surface area contributed by atoms with E-state index in [0.717, 1.165) is 33.7 Å². The maximum atomic E-state index is 13.0. The third-order valence-corrected chi connectivity index (χ3v) is 6.85. The minimum absolute atomic E-state index is 0.0516. The molecule has 0 saturated heterocycles. The van der Waals surface area contributed by atoms with E-state index in [1.807, 2.05) is 62.4 Å². The molecule has 0 fully saturated rings. The summed E-state index contributed by atoms with van der Waals surface area (Å²) in [5.74, 6) is 0. The SMILES string of the molecule is Cc1cc(/C=c2\sc3nc4ccccc4n3c2=O)c(C)n1-c1cccc(Cl)c1Cl. The molecule has 4 nitrogen and oxygen atoms in total. The van der Waals surface area contributed by atoms with Crippen molar-refractivity contribution < 1.29 is 0 Å². The summed E-state index contributed by atoms with van der Waals surface area (Å²) in [6.07, 6.45) is 1.92. The van der Waals surface area contributed by atoms with Gasteiger partial charge < -0.3 is 4.57 Å². The van der Waals surface area contributed by atoms with E-state index in [-0.39, 0.29) is 5.56 Å². The molecule has 0 aliphatic heterocycles. The Morgan fingerprint density at radius 2 is 1.86 bits per heavy atom. The van der Waals surface area contributed by atoms with Crippen LogP contribution in [0.1, 0.15) is 17.0 Å².